The Morgan fingerprint density at radius 1 is 0.302 bits per heavy atom. The van der Waals surface area contributed by atoms with Gasteiger partial charge >= 0.3 is 35.8 Å². The highest BCUT2D eigenvalue weighted by atomic mass is 16.6. The van der Waals surface area contributed by atoms with Crippen LogP contribution >= 0.6 is 0 Å². The van der Waals surface area contributed by atoms with E-state index in [2.05, 4.69) is 98.9 Å². The van der Waals surface area contributed by atoms with Gasteiger partial charge in [0.05, 0.1) is 67.1 Å². The molecule has 4 aromatic carbocycles. The number of hydrogen-bond donors (Lipinski definition) is 0. The molecule has 16 heteroatoms. The van der Waals surface area contributed by atoms with Gasteiger partial charge in [0, 0.05) is 62.1 Å². The van der Waals surface area contributed by atoms with Crippen LogP contribution in [0.5, 0.6) is 23.0 Å². The van der Waals surface area contributed by atoms with Gasteiger partial charge in [-0.3, -0.25) is 0 Å². The predicted octanol–water partition coefficient (Wildman–Crippen LogP) is 15.9. The number of esters is 6. The molecule has 8 bridgehead atoms. The number of methoxy groups -OCH3 is 2. The molecule has 4 aromatic rings. The summed E-state index contributed by atoms with van der Waals surface area (Å²) in [6, 6.07) is 17.9. The molecule has 0 atom stereocenters. The number of unbranched alkanes of at least 4 members (excludes halogenated alkanes) is 12. The second kappa shape index (κ2) is 46.1. The van der Waals surface area contributed by atoms with E-state index in [1.54, 1.807) is 0 Å². The van der Waals surface area contributed by atoms with Gasteiger partial charge in [0.1, 0.15) is 23.0 Å². The van der Waals surface area contributed by atoms with E-state index in [1.807, 2.05) is 0 Å². The van der Waals surface area contributed by atoms with E-state index in [-0.39, 0.29) is 26.4 Å². The minimum absolute atomic E-state index is 0.105. The van der Waals surface area contributed by atoms with Crippen molar-refractivity contribution in [2.24, 2.45) is 0 Å². The summed E-state index contributed by atoms with van der Waals surface area (Å²) in [5.41, 5.74) is 11.8. The van der Waals surface area contributed by atoms with E-state index in [4.69, 9.17) is 37.9 Å². The number of fused-ring (bicyclic) bond motifs is 8. The maximum atomic E-state index is 12.8. The van der Waals surface area contributed by atoms with Gasteiger partial charge in [-0.1, -0.05) is 166 Å². The van der Waals surface area contributed by atoms with E-state index >= 15 is 0 Å². The molecule has 0 aliphatic heterocycles. The standard InChI is InChI=1S/C80H108O16/c1-9-15-19-23-39-93-77-63-47-59(31-27-43-89-71(81)13-5)48-64(77)56-68-52-62(34-30-46-92-76(86)38-36-74(84)88-8)54-70(80(68)96-42-26-22-18-12-4)58-66-50-60(32-28-44-90-72(82)14-6)49-65(78(66)94-40-24-20-16-10-2)57-69-53-61(33-29-45-91-75(85)37-35-73(83)87-7)51-67(55-63)79(69)95-41-25-21-17-11-3/h13-14,35-38,47-54H,5-6,9-12,15-34,39-46,55-58H2,1-4,7-8H3/b37-35-,38-36-. The molecule has 0 saturated heterocycles. The molecular formula is C80H108O16. The van der Waals surface area contributed by atoms with Crippen LogP contribution in [0.3, 0.4) is 0 Å². The molecule has 0 spiro atoms. The Morgan fingerprint density at radius 3 is 0.729 bits per heavy atom. The lowest BCUT2D eigenvalue weighted by Crippen LogP contribution is -2.13. The summed E-state index contributed by atoms with van der Waals surface area (Å²) in [5.74, 6) is -0.407. The van der Waals surface area contributed by atoms with Crippen molar-refractivity contribution in [1.29, 1.82) is 0 Å². The highest BCUT2D eigenvalue weighted by Crippen LogP contribution is 2.42. The lowest BCUT2D eigenvalue weighted by Gasteiger charge is -2.25. The molecule has 0 unspecified atom stereocenters. The first kappa shape index (κ1) is 78.6. The van der Waals surface area contributed by atoms with Crippen molar-refractivity contribution >= 4 is 35.8 Å². The van der Waals surface area contributed by atoms with Crippen LogP contribution < -0.4 is 18.9 Å². The largest absolute Gasteiger partial charge is 0.493 e. The summed E-state index contributed by atoms with van der Waals surface area (Å²) in [5, 5.41) is 0. The summed E-state index contributed by atoms with van der Waals surface area (Å²) in [6.07, 6.45) is 28.7. The molecule has 1 aliphatic rings. The third-order valence-electron chi connectivity index (χ3n) is 16.6. The number of aryl methyl sites for hydroxylation is 4. The van der Waals surface area contributed by atoms with E-state index in [0.717, 1.165) is 217 Å². The summed E-state index contributed by atoms with van der Waals surface area (Å²) < 4.78 is 60.6. The Morgan fingerprint density at radius 2 is 0.521 bits per heavy atom. The number of hydrogen-bond acceptors (Lipinski definition) is 16. The van der Waals surface area contributed by atoms with Gasteiger partial charge in [0.2, 0.25) is 0 Å². The SMILES string of the molecule is C=CC(=O)OCCCc1cc2c(OCCCCCC)c(c1)Cc1cc(CCCOC(=O)/C=C\C(=O)OC)cc(c1OCCCCCC)Cc1cc(CCCOC(=O)C=C)cc(c1OCCCCCC)Cc1cc(CCCOC(=O)/C=C\C(=O)OC)cc(c1OCCCCCC)C2. The van der Waals surface area contributed by atoms with Crippen LogP contribution in [-0.2, 0) is 109 Å². The average molecular weight is 1330 g/mol. The summed E-state index contributed by atoms with van der Waals surface area (Å²) in [4.78, 5) is 74.0. The zero-order chi connectivity index (χ0) is 69.1. The second-order valence-electron chi connectivity index (χ2n) is 24.5. The molecule has 0 amide bonds. The Labute approximate surface area is 571 Å². The average Bonchev–Trinajstić information content (AvgIpc) is 0.780. The molecule has 16 nitrogen and oxygen atoms in total. The number of carbonyl (C=O) groups excluding carboxylic acids is 6. The first-order valence-corrected chi connectivity index (χ1v) is 35.3. The topological polar surface area (TPSA) is 195 Å². The first-order chi connectivity index (χ1) is 46.8. The molecule has 0 fully saturated rings. The molecular weight excluding hydrogens is 1220 g/mol. The van der Waals surface area contributed by atoms with Gasteiger partial charge in [-0.25, -0.2) is 28.8 Å². The van der Waals surface area contributed by atoms with Gasteiger partial charge in [0.25, 0.3) is 0 Å². The normalized spacial score (nSPS) is 11.8. The lowest BCUT2D eigenvalue weighted by molar-refractivity contribution is -0.139. The van der Waals surface area contributed by atoms with Crippen LogP contribution in [0.2, 0.25) is 0 Å². The molecule has 0 aromatic heterocycles. The van der Waals surface area contributed by atoms with Crippen LogP contribution in [-0.4, -0.2) is 103 Å². The molecule has 0 N–H and O–H groups in total. The minimum atomic E-state index is -0.654. The highest BCUT2D eigenvalue weighted by Gasteiger charge is 2.26. The summed E-state index contributed by atoms with van der Waals surface area (Å²) >= 11 is 0. The molecule has 524 valence electrons. The van der Waals surface area contributed by atoms with Crippen molar-refractivity contribution in [3.8, 4) is 23.0 Å². The van der Waals surface area contributed by atoms with Crippen LogP contribution in [0.4, 0.5) is 0 Å². The smallest absolute Gasteiger partial charge is 0.331 e. The van der Waals surface area contributed by atoms with Gasteiger partial charge in [-0.2, -0.15) is 0 Å². The number of ether oxygens (including phenoxy) is 10. The molecule has 0 heterocycles. The van der Waals surface area contributed by atoms with Crippen molar-refractivity contribution in [1.82, 2.24) is 0 Å². The van der Waals surface area contributed by atoms with Crippen LogP contribution in [0.1, 0.15) is 223 Å². The number of carbonyl (C=O) groups is 6. The Kier molecular flexibility index (Phi) is 37.7. The zero-order valence-electron chi connectivity index (χ0n) is 58.5. The van der Waals surface area contributed by atoms with Crippen molar-refractivity contribution in [2.45, 2.75) is 207 Å². The first-order valence-electron chi connectivity index (χ1n) is 35.3. The summed E-state index contributed by atoms with van der Waals surface area (Å²) in [7, 11) is 2.50. The van der Waals surface area contributed by atoms with Crippen LogP contribution in [0, 0.1) is 0 Å². The van der Waals surface area contributed by atoms with Gasteiger partial charge < -0.3 is 47.4 Å². The number of benzene rings is 4. The molecule has 0 saturated carbocycles. The quantitative estimate of drug-likeness (QED) is 0.0154. The van der Waals surface area contributed by atoms with Crippen LogP contribution in [0.25, 0.3) is 0 Å². The Hall–Kier alpha value is -8.14. The fourth-order valence-corrected chi connectivity index (χ4v) is 11.7. The maximum Gasteiger partial charge on any atom is 0.331 e. The fraction of sp³-hybridized carbons (Fsp3) is 0.525. The second-order valence-corrected chi connectivity index (χ2v) is 24.5. The third kappa shape index (κ3) is 29.1. The van der Waals surface area contributed by atoms with Gasteiger partial charge in [0.15, 0.2) is 0 Å². The molecule has 0 radical (unpaired) electrons. The van der Waals surface area contributed by atoms with Gasteiger partial charge in [-0.05, 0) is 144 Å². The highest BCUT2D eigenvalue weighted by molar-refractivity contribution is 5.92. The monoisotopic (exact) mass is 1320 g/mol. The number of rotatable bonds is 46. The minimum Gasteiger partial charge on any atom is -0.493 e. The molecule has 5 rings (SSSR count). The van der Waals surface area contributed by atoms with Crippen molar-refractivity contribution in [2.75, 3.05) is 67.1 Å². The lowest BCUT2D eigenvalue weighted by atomic mass is 9.87. The van der Waals surface area contributed by atoms with Crippen LogP contribution in [0.15, 0.2) is 98.1 Å². The van der Waals surface area contributed by atoms with Crippen molar-refractivity contribution in [3.63, 3.8) is 0 Å². The summed E-state index contributed by atoms with van der Waals surface area (Å²) in [6.45, 7) is 18.6. The van der Waals surface area contributed by atoms with E-state index < -0.39 is 35.8 Å². The molecule has 1 aliphatic carbocycles. The fourth-order valence-electron chi connectivity index (χ4n) is 11.7. The maximum absolute atomic E-state index is 12.8. The molecule has 96 heavy (non-hydrogen) atoms. The van der Waals surface area contributed by atoms with Gasteiger partial charge in [-0.15, -0.1) is 0 Å². The van der Waals surface area contributed by atoms with E-state index in [9.17, 15) is 28.8 Å². The van der Waals surface area contributed by atoms with E-state index in [0.29, 0.717) is 103 Å². The predicted molar refractivity (Wildman–Crippen MR) is 375 cm³/mol. The van der Waals surface area contributed by atoms with E-state index in [1.165, 1.54) is 26.4 Å². The van der Waals surface area contributed by atoms with Crippen molar-refractivity contribution < 1.29 is 76.1 Å². The third-order valence-corrected chi connectivity index (χ3v) is 16.6. The zero-order valence-corrected chi connectivity index (χ0v) is 58.5. The Balaban J connectivity index is 1.91. The van der Waals surface area contributed by atoms with Crippen molar-refractivity contribution in [3.05, 3.63) is 165 Å². The Bertz CT molecular complexity index is 2860.